The lowest BCUT2D eigenvalue weighted by Crippen LogP contribution is -2.39. The fraction of sp³-hybridized carbons (Fsp3) is 0.316. The van der Waals surface area contributed by atoms with Gasteiger partial charge in [-0.05, 0) is 49.2 Å². The fourth-order valence-electron chi connectivity index (χ4n) is 3.10. The number of hydrogen-bond donors (Lipinski definition) is 1. The number of para-hydroxylation sites is 1. The average molecular weight is 328 g/mol. The third-order valence-electron chi connectivity index (χ3n) is 4.31. The predicted molar refractivity (Wildman–Crippen MR) is 91.5 cm³/mol. The number of anilines is 1. The highest BCUT2D eigenvalue weighted by Crippen LogP contribution is 2.24. The van der Waals surface area contributed by atoms with Gasteiger partial charge in [-0.15, -0.1) is 0 Å². The SMILES string of the molecule is COc1ccc(CN2CCC[C@H]2C(=O)Nc2ccccc2)cc1F. The molecule has 4 nitrogen and oxygen atoms in total. The lowest BCUT2D eigenvalue weighted by atomic mass is 10.1. The second kappa shape index (κ2) is 7.45. The van der Waals surface area contributed by atoms with E-state index in [1.807, 2.05) is 36.4 Å². The molecule has 1 heterocycles. The van der Waals surface area contributed by atoms with E-state index in [-0.39, 0.29) is 23.5 Å². The Morgan fingerprint density at radius 3 is 2.79 bits per heavy atom. The number of hydrogen-bond acceptors (Lipinski definition) is 3. The molecule has 1 amide bonds. The van der Waals surface area contributed by atoms with Crippen LogP contribution in [0.4, 0.5) is 10.1 Å². The van der Waals surface area contributed by atoms with Crippen molar-refractivity contribution >= 4 is 11.6 Å². The standard InChI is InChI=1S/C19H21FN2O2/c1-24-18-10-9-14(12-16(18)20)13-22-11-5-8-17(22)19(23)21-15-6-3-2-4-7-15/h2-4,6-7,9-10,12,17H,5,8,11,13H2,1H3,(H,21,23)/t17-/m0/s1. The molecule has 0 aliphatic carbocycles. The number of halogens is 1. The molecule has 2 aromatic carbocycles. The Balaban J connectivity index is 1.67. The van der Waals surface area contributed by atoms with Crippen molar-refractivity contribution in [3.8, 4) is 5.75 Å². The topological polar surface area (TPSA) is 41.6 Å². The summed E-state index contributed by atoms with van der Waals surface area (Å²) in [6, 6.07) is 14.2. The molecular weight excluding hydrogens is 307 g/mol. The lowest BCUT2D eigenvalue weighted by Gasteiger charge is -2.24. The molecule has 0 saturated carbocycles. The zero-order chi connectivity index (χ0) is 16.9. The highest BCUT2D eigenvalue weighted by atomic mass is 19.1. The van der Waals surface area contributed by atoms with Crippen LogP contribution >= 0.6 is 0 Å². The molecule has 5 heteroatoms. The van der Waals surface area contributed by atoms with Crippen LogP contribution in [0.5, 0.6) is 5.75 Å². The smallest absolute Gasteiger partial charge is 0.241 e. The van der Waals surface area contributed by atoms with Crippen LogP contribution in [0, 0.1) is 5.82 Å². The van der Waals surface area contributed by atoms with E-state index in [0.29, 0.717) is 6.54 Å². The second-order valence-electron chi connectivity index (χ2n) is 5.95. The summed E-state index contributed by atoms with van der Waals surface area (Å²) < 4.78 is 18.8. The van der Waals surface area contributed by atoms with Gasteiger partial charge >= 0.3 is 0 Å². The Bertz CT molecular complexity index is 706. The molecule has 1 aliphatic heterocycles. The van der Waals surface area contributed by atoms with Crippen LogP contribution < -0.4 is 10.1 Å². The van der Waals surface area contributed by atoms with Crippen molar-refractivity contribution in [2.45, 2.75) is 25.4 Å². The van der Waals surface area contributed by atoms with Gasteiger partial charge in [-0.25, -0.2) is 4.39 Å². The first-order valence-corrected chi connectivity index (χ1v) is 8.10. The molecule has 0 bridgehead atoms. The molecule has 0 aromatic heterocycles. The predicted octanol–water partition coefficient (Wildman–Crippen LogP) is 3.44. The fourth-order valence-corrected chi connectivity index (χ4v) is 3.10. The van der Waals surface area contributed by atoms with Crippen LogP contribution in [0.25, 0.3) is 0 Å². The molecule has 1 N–H and O–H groups in total. The number of carbonyl (C=O) groups is 1. The van der Waals surface area contributed by atoms with E-state index >= 15 is 0 Å². The van der Waals surface area contributed by atoms with Crippen molar-refractivity contribution in [3.63, 3.8) is 0 Å². The maximum absolute atomic E-state index is 13.8. The highest BCUT2D eigenvalue weighted by molar-refractivity contribution is 5.94. The lowest BCUT2D eigenvalue weighted by molar-refractivity contribution is -0.120. The summed E-state index contributed by atoms with van der Waals surface area (Å²) in [7, 11) is 1.45. The van der Waals surface area contributed by atoms with E-state index in [1.54, 1.807) is 6.07 Å². The maximum Gasteiger partial charge on any atom is 0.241 e. The molecule has 0 radical (unpaired) electrons. The minimum absolute atomic E-state index is 0.00677. The number of amides is 1. The quantitative estimate of drug-likeness (QED) is 0.914. The number of likely N-dealkylation sites (tertiary alicyclic amines) is 1. The number of nitrogens with one attached hydrogen (secondary N) is 1. The first kappa shape index (κ1) is 16.5. The van der Waals surface area contributed by atoms with Gasteiger partial charge < -0.3 is 10.1 Å². The van der Waals surface area contributed by atoms with Gasteiger partial charge in [0.25, 0.3) is 0 Å². The zero-order valence-electron chi connectivity index (χ0n) is 13.7. The van der Waals surface area contributed by atoms with Gasteiger partial charge in [0.2, 0.25) is 5.91 Å². The van der Waals surface area contributed by atoms with Crippen LogP contribution in [0.3, 0.4) is 0 Å². The van der Waals surface area contributed by atoms with E-state index in [9.17, 15) is 9.18 Å². The highest BCUT2D eigenvalue weighted by Gasteiger charge is 2.30. The van der Waals surface area contributed by atoms with Crippen LogP contribution in [-0.2, 0) is 11.3 Å². The average Bonchev–Trinajstić information content (AvgIpc) is 3.04. The number of nitrogens with zero attached hydrogens (tertiary/aromatic N) is 1. The van der Waals surface area contributed by atoms with E-state index in [1.165, 1.54) is 13.2 Å². The van der Waals surface area contributed by atoms with Gasteiger partial charge in [0.15, 0.2) is 11.6 Å². The van der Waals surface area contributed by atoms with Crippen molar-refractivity contribution in [1.82, 2.24) is 4.90 Å². The summed E-state index contributed by atoms with van der Waals surface area (Å²) in [5, 5.41) is 2.95. The summed E-state index contributed by atoms with van der Waals surface area (Å²) in [5.74, 6) is -0.147. The molecule has 1 saturated heterocycles. The summed E-state index contributed by atoms with van der Waals surface area (Å²) in [6.45, 7) is 1.38. The third-order valence-corrected chi connectivity index (χ3v) is 4.31. The Morgan fingerprint density at radius 1 is 1.29 bits per heavy atom. The summed E-state index contributed by atoms with van der Waals surface area (Å²) >= 11 is 0. The van der Waals surface area contributed by atoms with Crippen LogP contribution in [0.15, 0.2) is 48.5 Å². The number of methoxy groups -OCH3 is 1. The molecule has 1 atom stereocenters. The largest absolute Gasteiger partial charge is 0.494 e. The summed E-state index contributed by atoms with van der Waals surface area (Å²) in [4.78, 5) is 14.6. The first-order valence-electron chi connectivity index (χ1n) is 8.10. The van der Waals surface area contributed by atoms with Crippen LogP contribution in [0.2, 0.25) is 0 Å². The number of ether oxygens (including phenoxy) is 1. The van der Waals surface area contributed by atoms with Gasteiger partial charge in [0.05, 0.1) is 13.2 Å². The summed E-state index contributed by atoms with van der Waals surface area (Å²) in [5.41, 5.74) is 1.64. The first-order chi connectivity index (χ1) is 11.7. The van der Waals surface area contributed by atoms with Crippen molar-refractivity contribution in [1.29, 1.82) is 0 Å². The van der Waals surface area contributed by atoms with Crippen LogP contribution in [0.1, 0.15) is 18.4 Å². The van der Waals surface area contributed by atoms with Gasteiger partial charge in [-0.1, -0.05) is 24.3 Å². The molecule has 3 rings (SSSR count). The molecule has 0 unspecified atom stereocenters. The zero-order valence-corrected chi connectivity index (χ0v) is 13.7. The van der Waals surface area contributed by atoms with E-state index in [4.69, 9.17) is 4.74 Å². The molecule has 126 valence electrons. The Kier molecular flexibility index (Phi) is 5.11. The molecule has 2 aromatic rings. The van der Waals surface area contributed by atoms with Gasteiger partial charge in [-0.3, -0.25) is 9.69 Å². The van der Waals surface area contributed by atoms with Crippen molar-refractivity contribution in [2.75, 3.05) is 19.0 Å². The maximum atomic E-state index is 13.8. The monoisotopic (exact) mass is 328 g/mol. The van der Waals surface area contributed by atoms with Gasteiger partial charge in [0.1, 0.15) is 0 Å². The minimum atomic E-state index is -0.375. The third kappa shape index (κ3) is 3.74. The van der Waals surface area contributed by atoms with Crippen molar-refractivity contribution in [2.24, 2.45) is 0 Å². The molecule has 24 heavy (non-hydrogen) atoms. The molecular formula is C19H21FN2O2. The number of rotatable bonds is 5. The number of carbonyl (C=O) groups excluding carboxylic acids is 1. The van der Waals surface area contributed by atoms with E-state index < -0.39 is 0 Å². The second-order valence-corrected chi connectivity index (χ2v) is 5.95. The van der Waals surface area contributed by atoms with Crippen molar-refractivity contribution in [3.05, 3.63) is 59.9 Å². The minimum Gasteiger partial charge on any atom is -0.494 e. The van der Waals surface area contributed by atoms with E-state index in [0.717, 1.165) is 30.6 Å². The van der Waals surface area contributed by atoms with Crippen LogP contribution in [-0.4, -0.2) is 30.5 Å². The Hall–Kier alpha value is -2.40. The Morgan fingerprint density at radius 2 is 2.08 bits per heavy atom. The van der Waals surface area contributed by atoms with Gasteiger partial charge in [0, 0.05) is 12.2 Å². The normalized spacial score (nSPS) is 17.7. The molecule has 1 aliphatic rings. The number of benzene rings is 2. The summed E-state index contributed by atoms with van der Waals surface area (Å²) in [6.07, 6.45) is 1.78. The molecule has 0 spiro atoms. The van der Waals surface area contributed by atoms with E-state index in [2.05, 4.69) is 10.2 Å². The van der Waals surface area contributed by atoms with Gasteiger partial charge in [-0.2, -0.15) is 0 Å². The Labute approximate surface area is 141 Å². The van der Waals surface area contributed by atoms with Crippen molar-refractivity contribution < 1.29 is 13.9 Å². The molecule has 1 fully saturated rings.